The number of nitrogens with one attached hydrogen (secondary N) is 1. The van der Waals surface area contributed by atoms with Gasteiger partial charge in [-0.25, -0.2) is 0 Å². The molecule has 0 aliphatic heterocycles. The largest absolute Gasteiger partial charge is 0.497 e. The van der Waals surface area contributed by atoms with Gasteiger partial charge in [0.1, 0.15) is 5.75 Å². The molecule has 1 aliphatic carbocycles. The maximum absolute atomic E-state index is 6.06. The Hall–Kier alpha value is -1.75. The van der Waals surface area contributed by atoms with E-state index in [-0.39, 0.29) is 6.04 Å². The third-order valence-corrected chi connectivity index (χ3v) is 4.96. The van der Waals surface area contributed by atoms with E-state index in [0.717, 1.165) is 31.3 Å². The Morgan fingerprint density at radius 1 is 1.38 bits per heavy atom. The fraction of sp³-hybridized carbons (Fsp3) is 0.632. The summed E-state index contributed by atoms with van der Waals surface area (Å²) in [5.41, 5.74) is 7.28. The number of likely N-dealkylation sites (N-methyl/N-ethyl adjacent to an activating group) is 1. The first-order chi connectivity index (χ1) is 11.7. The third-order valence-electron chi connectivity index (χ3n) is 4.96. The third kappa shape index (κ3) is 5.13. The highest BCUT2D eigenvalue weighted by molar-refractivity contribution is 5.77. The number of aliphatic imine (C=N–C) groups is 1. The van der Waals surface area contributed by atoms with Gasteiger partial charge >= 0.3 is 0 Å². The second kappa shape index (κ2) is 9.52. The molecule has 1 atom stereocenters. The molecule has 0 saturated heterocycles. The van der Waals surface area contributed by atoms with E-state index < -0.39 is 0 Å². The van der Waals surface area contributed by atoms with Crippen molar-refractivity contribution in [2.75, 3.05) is 33.3 Å². The van der Waals surface area contributed by atoms with Crippen molar-refractivity contribution >= 4 is 5.96 Å². The smallest absolute Gasteiger partial charge is 0.188 e. The molecule has 24 heavy (non-hydrogen) atoms. The summed E-state index contributed by atoms with van der Waals surface area (Å²) in [5.74, 6) is 2.21. The van der Waals surface area contributed by atoms with Crippen molar-refractivity contribution < 1.29 is 4.74 Å². The Morgan fingerprint density at radius 3 is 2.71 bits per heavy atom. The Labute approximate surface area is 146 Å². The van der Waals surface area contributed by atoms with Gasteiger partial charge < -0.3 is 15.8 Å². The van der Waals surface area contributed by atoms with Crippen LogP contribution in [0.5, 0.6) is 5.75 Å². The molecule has 134 valence electrons. The Kier molecular flexibility index (Phi) is 7.37. The predicted octanol–water partition coefficient (Wildman–Crippen LogP) is 2.78. The average Bonchev–Trinajstić information content (AvgIpc) is 2.57. The van der Waals surface area contributed by atoms with Crippen molar-refractivity contribution in [3.8, 4) is 5.75 Å². The van der Waals surface area contributed by atoms with Gasteiger partial charge in [-0.2, -0.15) is 0 Å². The molecular formula is C19H32N4O. The number of nitrogens with two attached hydrogens (primary N) is 1. The molecule has 0 heterocycles. The number of rotatable bonds is 9. The molecule has 5 heteroatoms. The number of ether oxygens (including phenoxy) is 1. The van der Waals surface area contributed by atoms with Gasteiger partial charge in [0.15, 0.2) is 5.96 Å². The van der Waals surface area contributed by atoms with Gasteiger partial charge in [0, 0.05) is 6.54 Å². The average molecular weight is 332 g/mol. The van der Waals surface area contributed by atoms with Crippen LogP contribution in [0.2, 0.25) is 0 Å². The molecule has 1 saturated carbocycles. The first-order valence-electron chi connectivity index (χ1n) is 9.09. The van der Waals surface area contributed by atoms with Gasteiger partial charge in [0.25, 0.3) is 0 Å². The van der Waals surface area contributed by atoms with Crippen LogP contribution in [-0.2, 0) is 0 Å². The molecule has 1 unspecified atom stereocenters. The number of hydrogen-bond acceptors (Lipinski definition) is 3. The van der Waals surface area contributed by atoms with Gasteiger partial charge in [-0.05, 0) is 49.5 Å². The molecule has 1 aromatic carbocycles. The summed E-state index contributed by atoms with van der Waals surface area (Å²) in [6, 6.07) is 8.45. The van der Waals surface area contributed by atoms with Crippen LogP contribution < -0.4 is 15.8 Å². The zero-order chi connectivity index (χ0) is 17.4. The molecule has 2 rings (SSSR count). The topological polar surface area (TPSA) is 62.9 Å². The molecule has 0 amide bonds. The lowest BCUT2D eigenvalue weighted by Gasteiger charge is -2.29. The number of benzene rings is 1. The molecule has 0 aromatic heterocycles. The molecule has 0 spiro atoms. The summed E-state index contributed by atoms with van der Waals surface area (Å²) in [5, 5.41) is 3.27. The number of guanidine groups is 1. The maximum Gasteiger partial charge on any atom is 0.188 e. The minimum atomic E-state index is 0.208. The van der Waals surface area contributed by atoms with Crippen LogP contribution in [0.15, 0.2) is 29.3 Å². The van der Waals surface area contributed by atoms with E-state index in [1.54, 1.807) is 7.11 Å². The minimum absolute atomic E-state index is 0.208. The summed E-state index contributed by atoms with van der Waals surface area (Å²) in [4.78, 5) is 7.00. The summed E-state index contributed by atoms with van der Waals surface area (Å²) in [6.45, 7) is 7.91. The van der Waals surface area contributed by atoms with Crippen LogP contribution in [0.4, 0.5) is 0 Å². The van der Waals surface area contributed by atoms with E-state index in [4.69, 9.17) is 10.5 Å². The molecule has 0 radical (unpaired) electrons. The fourth-order valence-corrected chi connectivity index (χ4v) is 3.13. The van der Waals surface area contributed by atoms with E-state index in [0.29, 0.717) is 12.5 Å². The SMILES string of the molecule is CCN(CC)C(CN=C(N)NCC1CCC1)c1cccc(OC)c1. The maximum atomic E-state index is 6.06. The van der Waals surface area contributed by atoms with Gasteiger partial charge in [-0.1, -0.05) is 32.4 Å². The van der Waals surface area contributed by atoms with Crippen molar-refractivity contribution in [1.82, 2.24) is 10.2 Å². The zero-order valence-corrected chi connectivity index (χ0v) is 15.3. The summed E-state index contributed by atoms with van der Waals surface area (Å²) >= 11 is 0. The van der Waals surface area contributed by atoms with Crippen molar-refractivity contribution in [3.05, 3.63) is 29.8 Å². The van der Waals surface area contributed by atoms with Crippen molar-refractivity contribution in [2.45, 2.75) is 39.2 Å². The van der Waals surface area contributed by atoms with Crippen LogP contribution in [0.1, 0.15) is 44.7 Å². The summed E-state index contributed by atoms with van der Waals surface area (Å²) in [6.07, 6.45) is 3.97. The standard InChI is InChI=1S/C19H32N4O/c1-4-23(5-2)18(16-10-7-11-17(12-16)24-3)14-22-19(20)21-13-15-8-6-9-15/h7,10-12,15,18H,4-6,8-9,13-14H2,1-3H3,(H3,20,21,22). The highest BCUT2D eigenvalue weighted by atomic mass is 16.5. The number of nitrogens with zero attached hydrogens (tertiary/aromatic N) is 2. The molecule has 3 N–H and O–H groups in total. The van der Waals surface area contributed by atoms with E-state index in [9.17, 15) is 0 Å². The number of hydrogen-bond donors (Lipinski definition) is 2. The van der Waals surface area contributed by atoms with Crippen molar-refractivity contribution in [1.29, 1.82) is 0 Å². The molecule has 5 nitrogen and oxygen atoms in total. The lowest BCUT2D eigenvalue weighted by atomic mass is 9.85. The van der Waals surface area contributed by atoms with Crippen molar-refractivity contribution in [3.63, 3.8) is 0 Å². The molecule has 0 bridgehead atoms. The van der Waals surface area contributed by atoms with E-state index >= 15 is 0 Å². The van der Waals surface area contributed by atoms with Gasteiger partial charge in [-0.3, -0.25) is 9.89 Å². The zero-order valence-electron chi connectivity index (χ0n) is 15.3. The number of methoxy groups -OCH3 is 1. The second-order valence-electron chi connectivity index (χ2n) is 6.42. The predicted molar refractivity (Wildman–Crippen MR) is 100 cm³/mol. The van der Waals surface area contributed by atoms with Crippen LogP contribution in [0.3, 0.4) is 0 Å². The van der Waals surface area contributed by atoms with Crippen molar-refractivity contribution in [2.24, 2.45) is 16.6 Å². The molecule has 1 fully saturated rings. The van der Waals surface area contributed by atoms with Crippen LogP contribution in [0, 0.1) is 5.92 Å². The highest BCUT2D eigenvalue weighted by Crippen LogP contribution is 2.26. The lowest BCUT2D eigenvalue weighted by Crippen LogP contribution is -2.38. The first-order valence-corrected chi connectivity index (χ1v) is 9.09. The normalized spacial score (nSPS) is 16.8. The van der Waals surface area contributed by atoms with E-state index in [1.807, 2.05) is 12.1 Å². The monoisotopic (exact) mass is 332 g/mol. The summed E-state index contributed by atoms with van der Waals surface area (Å²) < 4.78 is 5.37. The van der Waals surface area contributed by atoms with Crippen LogP contribution in [-0.4, -0.2) is 44.1 Å². The Bertz CT molecular complexity index is 524. The molecule has 1 aromatic rings. The second-order valence-corrected chi connectivity index (χ2v) is 6.42. The Balaban J connectivity index is 2.04. The van der Waals surface area contributed by atoms with Crippen LogP contribution in [0.25, 0.3) is 0 Å². The van der Waals surface area contributed by atoms with Gasteiger partial charge in [0.2, 0.25) is 0 Å². The fourth-order valence-electron chi connectivity index (χ4n) is 3.13. The molecular weight excluding hydrogens is 300 g/mol. The van der Waals surface area contributed by atoms with Crippen LogP contribution >= 0.6 is 0 Å². The first kappa shape index (κ1) is 18.6. The quantitative estimate of drug-likeness (QED) is 0.539. The lowest BCUT2D eigenvalue weighted by molar-refractivity contribution is 0.224. The minimum Gasteiger partial charge on any atom is -0.497 e. The van der Waals surface area contributed by atoms with Gasteiger partial charge in [-0.15, -0.1) is 0 Å². The Morgan fingerprint density at radius 2 is 2.12 bits per heavy atom. The summed E-state index contributed by atoms with van der Waals surface area (Å²) in [7, 11) is 1.70. The van der Waals surface area contributed by atoms with E-state index in [1.165, 1.54) is 24.8 Å². The molecule has 1 aliphatic rings. The van der Waals surface area contributed by atoms with Gasteiger partial charge in [0.05, 0.1) is 19.7 Å². The highest BCUT2D eigenvalue weighted by Gasteiger charge is 2.19. The van der Waals surface area contributed by atoms with E-state index in [2.05, 4.69) is 41.2 Å².